The molecule has 1 fully saturated rings. The zero-order valence-corrected chi connectivity index (χ0v) is 13.4. The Kier molecular flexibility index (Phi) is 4.35. The Bertz CT molecular complexity index is 555. The summed E-state index contributed by atoms with van der Waals surface area (Å²) in [4.78, 5) is 24.1. The Balaban J connectivity index is 2.00. The molecule has 0 bridgehead atoms. The summed E-state index contributed by atoms with van der Waals surface area (Å²) >= 11 is 0. The normalized spacial score (nSPS) is 20.3. The lowest BCUT2D eigenvalue weighted by Gasteiger charge is -2.13. The molecule has 1 aromatic rings. The minimum atomic E-state index is -0.191. The van der Waals surface area contributed by atoms with E-state index >= 15 is 0 Å². The van der Waals surface area contributed by atoms with E-state index in [0.29, 0.717) is 6.42 Å². The summed E-state index contributed by atoms with van der Waals surface area (Å²) in [6, 6.07) is 4.22. The number of carbonyl (C=O) groups is 2. The van der Waals surface area contributed by atoms with E-state index in [-0.39, 0.29) is 29.7 Å². The van der Waals surface area contributed by atoms with Gasteiger partial charge in [-0.1, -0.05) is 17.7 Å². The highest BCUT2D eigenvalue weighted by Crippen LogP contribution is 2.40. The molecule has 21 heavy (non-hydrogen) atoms. The van der Waals surface area contributed by atoms with Crippen LogP contribution in [-0.2, 0) is 9.59 Å². The van der Waals surface area contributed by atoms with Crippen LogP contribution in [0.1, 0.15) is 37.0 Å². The van der Waals surface area contributed by atoms with E-state index in [1.807, 2.05) is 34.6 Å². The van der Waals surface area contributed by atoms with Gasteiger partial charge in [-0.3, -0.25) is 9.59 Å². The topological polar surface area (TPSA) is 58.2 Å². The van der Waals surface area contributed by atoms with Crippen molar-refractivity contribution < 1.29 is 9.59 Å². The first-order valence-corrected chi connectivity index (χ1v) is 7.48. The first kappa shape index (κ1) is 15.5. The predicted molar refractivity (Wildman–Crippen MR) is 84.2 cm³/mol. The Labute approximate surface area is 126 Å². The molecule has 2 atom stereocenters. The highest BCUT2D eigenvalue weighted by Gasteiger charge is 2.48. The molecule has 0 aliphatic heterocycles. The molecule has 2 rings (SSSR count). The average Bonchev–Trinajstić information content (AvgIpc) is 3.12. The zero-order chi connectivity index (χ0) is 15.7. The fraction of sp³-hybridized carbons (Fsp3) is 0.529. The van der Waals surface area contributed by atoms with Gasteiger partial charge < -0.3 is 10.6 Å². The van der Waals surface area contributed by atoms with E-state index in [2.05, 4.69) is 22.8 Å². The number of amides is 2. The quantitative estimate of drug-likeness (QED) is 0.895. The van der Waals surface area contributed by atoms with Gasteiger partial charge in [0.1, 0.15) is 0 Å². The van der Waals surface area contributed by atoms with Crippen LogP contribution in [0.5, 0.6) is 0 Å². The van der Waals surface area contributed by atoms with Crippen LogP contribution in [0.2, 0.25) is 0 Å². The monoisotopic (exact) mass is 288 g/mol. The molecular formula is C17H24N2O2. The van der Waals surface area contributed by atoms with Crippen molar-refractivity contribution in [2.45, 2.75) is 47.1 Å². The van der Waals surface area contributed by atoms with Crippen LogP contribution >= 0.6 is 0 Å². The molecule has 4 nitrogen and oxygen atoms in total. The van der Waals surface area contributed by atoms with Gasteiger partial charge in [0, 0.05) is 11.7 Å². The fourth-order valence-electron chi connectivity index (χ4n) is 2.76. The van der Waals surface area contributed by atoms with Crippen LogP contribution < -0.4 is 10.6 Å². The van der Waals surface area contributed by atoms with E-state index in [1.165, 1.54) is 5.56 Å². The Morgan fingerprint density at radius 2 is 1.57 bits per heavy atom. The van der Waals surface area contributed by atoms with Gasteiger partial charge in [-0.25, -0.2) is 0 Å². The number of nitrogens with one attached hydrogen (secondary N) is 2. The van der Waals surface area contributed by atoms with Gasteiger partial charge in [0.15, 0.2) is 0 Å². The molecule has 0 radical (unpaired) electrons. The van der Waals surface area contributed by atoms with Crippen molar-refractivity contribution in [1.82, 2.24) is 5.32 Å². The highest BCUT2D eigenvalue weighted by atomic mass is 16.2. The summed E-state index contributed by atoms with van der Waals surface area (Å²) in [6.07, 6.45) is 0.647. The molecule has 2 unspecified atom stereocenters. The first-order chi connectivity index (χ1) is 9.79. The van der Waals surface area contributed by atoms with Gasteiger partial charge in [-0.05, 0) is 52.2 Å². The standard InChI is InChI=1S/C17H24N2O2/c1-9(2)18-16(20)13-8-14(13)17(21)19-15-11(4)6-10(3)7-12(15)5/h6-7,9,13-14H,8H2,1-5H3,(H,18,20)(H,19,21). The van der Waals surface area contributed by atoms with Gasteiger partial charge in [-0.15, -0.1) is 0 Å². The summed E-state index contributed by atoms with van der Waals surface area (Å²) < 4.78 is 0. The third-order valence-corrected chi connectivity index (χ3v) is 3.82. The van der Waals surface area contributed by atoms with E-state index < -0.39 is 0 Å². The third kappa shape index (κ3) is 3.63. The lowest BCUT2D eigenvalue weighted by atomic mass is 10.0. The summed E-state index contributed by atoms with van der Waals surface area (Å²) in [7, 11) is 0. The Hall–Kier alpha value is -1.84. The van der Waals surface area contributed by atoms with Crippen LogP contribution in [-0.4, -0.2) is 17.9 Å². The molecule has 2 amide bonds. The number of carbonyl (C=O) groups excluding carboxylic acids is 2. The highest BCUT2D eigenvalue weighted by molar-refractivity contribution is 6.00. The molecule has 0 saturated heterocycles. The van der Waals surface area contributed by atoms with Crippen molar-refractivity contribution in [2.24, 2.45) is 11.8 Å². The van der Waals surface area contributed by atoms with E-state index in [4.69, 9.17) is 0 Å². The number of aryl methyl sites for hydroxylation is 3. The van der Waals surface area contributed by atoms with Crippen LogP contribution in [0.4, 0.5) is 5.69 Å². The SMILES string of the molecule is Cc1cc(C)c(NC(=O)C2CC2C(=O)NC(C)C)c(C)c1. The van der Waals surface area contributed by atoms with Crippen molar-refractivity contribution in [1.29, 1.82) is 0 Å². The predicted octanol–water partition coefficient (Wildman–Crippen LogP) is 2.71. The van der Waals surface area contributed by atoms with Crippen LogP contribution in [0.3, 0.4) is 0 Å². The molecular weight excluding hydrogens is 264 g/mol. The maximum atomic E-state index is 12.3. The molecule has 4 heteroatoms. The van der Waals surface area contributed by atoms with Crippen LogP contribution in [0, 0.1) is 32.6 Å². The molecule has 0 spiro atoms. The van der Waals surface area contributed by atoms with Gasteiger partial charge in [0.05, 0.1) is 11.8 Å². The second-order valence-electron chi connectivity index (χ2n) is 6.37. The molecule has 0 heterocycles. The second kappa shape index (κ2) is 5.88. The van der Waals surface area contributed by atoms with E-state index in [0.717, 1.165) is 16.8 Å². The third-order valence-electron chi connectivity index (χ3n) is 3.82. The molecule has 0 aromatic heterocycles. The largest absolute Gasteiger partial charge is 0.354 e. The number of rotatable bonds is 4. The van der Waals surface area contributed by atoms with Crippen molar-refractivity contribution in [2.75, 3.05) is 5.32 Å². The van der Waals surface area contributed by atoms with Gasteiger partial charge in [0.2, 0.25) is 11.8 Å². The average molecular weight is 288 g/mol. The van der Waals surface area contributed by atoms with E-state index in [1.54, 1.807) is 0 Å². The summed E-state index contributed by atoms with van der Waals surface area (Å²) in [5.41, 5.74) is 4.18. The molecule has 1 saturated carbocycles. The summed E-state index contributed by atoms with van der Waals surface area (Å²) in [5.74, 6) is -0.418. The molecule has 1 aliphatic carbocycles. The molecule has 114 valence electrons. The maximum absolute atomic E-state index is 12.3. The van der Waals surface area contributed by atoms with Crippen LogP contribution in [0.25, 0.3) is 0 Å². The minimum absolute atomic E-state index is 0.0116. The lowest BCUT2D eigenvalue weighted by Crippen LogP contribution is -2.32. The number of benzene rings is 1. The Morgan fingerprint density at radius 3 is 2.10 bits per heavy atom. The van der Waals surface area contributed by atoms with Crippen molar-refractivity contribution >= 4 is 17.5 Å². The van der Waals surface area contributed by atoms with E-state index in [9.17, 15) is 9.59 Å². The Morgan fingerprint density at radius 1 is 1.05 bits per heavy atom. The van der Waals surface area contributed by atoms with Crippen LogP contribution in [0.15, 0.2) is 12.1 Å². The van der Waals surface area contributed by atoms with Crippen molar-refractivity contribution in [3.8, 4) is 0 Å². The fourth-order valence-corrected chi connectivity index (χ4v) is 2.76. The number of hydrogen-bond donors (Lipinski definition) is 2. The lowest BCUT2D eigenvalue weighted by molar-refractivity contribution is -0.125. The first-order valence-electron chi connectivity index (χ1n) is 7.48. The second-order valence-corrected chi connectivity index (χ2v) is 6.37. The molecule has 1 aliphatic rings. The smallest absolute Gasteiger partial charge is 0.228 e. The van der Waals surface area contributed by atoms with Gasteiger partial charge in [-0.2, -0.15) is 0 Å². The molecule has 1 aromatic carbocycles. The summed E-state index contributed by atoms with van der Waals surface area (Å²) in [6.45, 7) is 9.87. The zero-order valence-electron chi connectivity index (χ0n) is 13.4. The summed E-state index contributed by atoms with van der Waals surface area (Å²) in [5, 5.41) is 5.85. The maximum Gasteiger partial charge on any atom is 0.228 e. The van der Waals surface area contributed by atoms with Crippen molar-refractivity contribution in [3.05, 3.63) is 28.8 Å². The van der Waals surface area contributed by atoms with Crippen molar-refractivity contribution in [3.63, 3.8) is 0 Å². The van der Waals surface area contributed by atoms with Gasteiger partial charge in [0.25, 0.3) is 0 Å². The van der Waals surface area contributed by atoms with Gasteiger partial charge >= 0.3 is 0 Å². The number of anilines is 1. The molecule has 2 N–H and O–H groups in total. The minimum Gasteiger partial charge on any atom is -0.354 e. The number of hydrogen-bond acceptors (Lipinski definition) is 2.